The molecule has 3 aliphatic rings. The van der Waals surface area contributed by atoms with Crippen LogP contribution >= 0.6 is 0 Å². The first-order chi connectivity index (χ1) is 14.5. The van der Waals surface area contributed by atoms with Gasteiger partial charge in [-0.1, -0.05) is 0 Å². The molecule has 1 spiro atoms. The van der Waals surface area contributed by atoms with E-state index >= 15 is 0 Å². The number of Topliss-reactive ketones (excluding diaryl/α,β-unsaturated/α-hetero) is 1. The summed E-state index contributed by atoms with van der Waals surface area (Å²) in [7, 11) is 0. The average Bonchev–Trinajstić information content (AvgIpc) is 3.01. The second kappa shape index (κ2) is 6.26. The van der Waals surface area contributed by atoms with Crippen molar-refractivity contribution in [2.75, 3.05) is 10.2 Å². The molecule has 0 saturated heterocycles. The van der Waals surface area contributed by atoms with E-state index in [4.69, 9.17) is 5.73 Å². The predicted octanol–water partition coefficient (Wildman–Crippen LogP) is 2.63. The highest BCUT2D eigenvalue weighted by molar-refractivity contribution is 6.19. The highest BCUT2D eigenvalue weighted by atomic mass is 19.1. The van der Waals surface area contributed by atoms with Crippen molar-refractivity contribution in [2.45, 2.75) is 24.7 Å². The number of aromatic nitrogens is 1. The number of halogens is 1. The van der Waals surface area contributed by atoms with Gasteiger partial charge in [0, 0.05) is 35.1 Å². The first kappa shape index (κ1) is 18.1. The van der Waals surface area contributed by atoms with Gasteiger partial charge in [0.05, 0.1) is 17.5 Å². The maximum atomic E-state index is 14.2. The molecule has 8 heteroatoms. The molecule has 1 aromatic heterocycles. The maximum Gasteiger partial charge on any atom is 0.245 e. The number of benzene rings is 1. The number of anilines is 2. The molecule has 7 nitrogen and oxygen atoms in total. The van der Waals surface area contributed by atoms with Crippen molar-refractivity contribution in [3.8, 4) is 6.07 Å². The number of amides is 1. The number of hydrogen-bond donors (Lipinski definition) is 2. The lowest BCUT2D eigenvalue weighted by Crippen LogP contribution is -2.50. The van der Waals surface area contributed by atoms with Crippen LogP contribution in [0.1, 0.15) is 24.8 Å². The van der Waals surface area contributed by atoms with Crippen molar-refractivity contribution in [1.29, 1.82) is 5.26 Å². The van der Waals surface area contributed by atoms with Crippen molar-refractivity contribution in [2.24, 2.45) is 5.73 Å². The summed E-state index contributed by atoms with van der Waals surface area (Å²) in [5.41, 5.74) is 6.52. The Labute approximate surface area is 171 Å². The van der Waals surface area contributed by atoms with Gasteiger partial charge < -0.3 is 11.1 Å². The number of nitrogens with two attached hydrogens (primary N) is 1. The normalized spacial score (nSPS) is 22.7. The Morgan fingerprint density at radius 1 is 1.27 bits per heavy atom. The van der Waals surface area contributed by atoms with E-state index in [9.17, 15) is 19.2 Å². The number of fused-ring (bicyclic) bond motifs is 3. The molecule has 3 N–H and O–H groups in total. The number of nitriles is 1. The van der Waals surface area contributed by atoms with Crippen LogP contribution in [0.25, 0.3) is 0 Å². The van der Waals surface area contributed by atoms with Crippen LogP contribution in [0.3, 0.4) is 0 Å². The molecule has 0 unspecified atom stereocenters. The van der Waals surface area contributed by atoms with Crippen molar-refractivity contribution >= 4 is 23.1 Å². The zero-order valence-electron chi connectivity index (χ0n) is 15.8. The molecule has 1 atom stereocenters. The molecule has 1 aliphatic carbocycles. The van der Waals surface area contributed by atoms with Gasteiger partial charge in [-0.05, 0) is 43.2 Å². The second-order valence-electron chi connectivity index (χ2n) is 7.41. The van der Waals surface area contributed by atoms with Crippen molar-refractivity contribution in [1.82, 2.24) is 4.98 Å². The third-order valence-corrected chi connectivity index (χ3v) is 5.89. The predicted molar refractivity (Wildman–Crippen MR) is 106 cm³/mol. The summed E-state index contributed by atoms with van der Waals surface area (Å²) >= 11 is 0. The Bertz CT molecular complexity index is 1230. The lowest BCUT2D eigenvalue weighted by molar-refractivity contribution is -0.122. The summed E-state index contributed by atoms with van der Waals surface area (Å²) in [6.45, 7) is 0. The molecule has 1 amide bonds. The van der Waals surface area contributed by atoms with Gasteiger partial charge in [0.15, 0.2) is 5.78 Å². The molecule has 2 aliphatic heterocycles. The smallest absolute Gasteiger partial charge is 0.245 e. The third-order valence-electron chi connectivity index (χ3n) is 5.89. The monoisotopic (exact) mass is 401 g/mol. The first-order valence-corrected chi connectivity index (χ1v) is 9.49. The van der Waals surface area contributed by atoms with Crippen molar-refractivity contribution in [3.05, 3.63) is 76.8 Å². The van der Waals surface area contributed by atoms with Crippen LogP contribution in [0, 0.1) is 17.1 Å². The van der Waals surface area contributed by atoms with Crippen LogP contribution in [0.15, 0.2) is 65.4 Å². The van der Waals surface area contributed by atoms with Crippen LogP contribution in [0.2, 0.25) is 0 Å². The summed E-state index contributed by atoms with van der Waals surface area (Å²) in [5.74, 6) is -1.36. The van der Waals surface area contributed by atoms with Gasteiger partial charge in [-0.15, -0.1) is 0 Å². The summed E-state index contributed by atoms with van der Waals surface area (Å²) in [6.07, 6.45) is 4.47. The summed E-state index contributed by atoms with van der Waals surface area (Å²) in [5, 5.41) is 12.8. The first-order valence-electron chi connectivity index (χ1n) is 9.49. The highest BCUT2D eigenvalue weighted by Crippen LogP contribution is 2.55. The molecular weight excluding hydrogens is 385 g/mol. The van der Waals surface area contributed by atoms with Crippen molar-refractivity contribution < 1.29 is 14.0 Å². The minimum absolute atomic E-state index is 0.0335. The largest absolute Gasteiger partial charge is 0.384 e. The molecule has 2 aromatic rings. The molecular formula is C22H16FN5O2. The van der Waals surface area contributed by atoms with E-state index in [1.165, 1.54) is 18.2 Å². The molecule has 0 radical (unpaired) electrons. The Kier molecular flexibility index (Phi) is 3.77. The number of nitrogens with one attached hydrogen (secondary N) is 1. The second-order valence-corrected chi connectivity index (χ2v) is 7.41. The Hall–Kier alpha value is -3.99. The van der Waals surface area contributed by atoms with Gasteiger partial charge in [0.25, 0.3) is 0 Å². The molecule has 0 fully saturated rings. The van der Waals surface area contributed by atoms with Gasteiger partial charge in [-0.2, -0.15) is 5.26 Å². The lowest BCUT2D eigenvalue weighted by atomic mass is 9.64. The van der Waals surface area contributed by atoms with E-state index in [1.54, 1.807) is 29.4 Å². The van der Waals surface area contributed by atoms with Crippen LogP contribution in [-0.2, 0) is 15.0 Å². The summed E-state index contributed by atoms with van der Waals surface area (Å²) in [6, 6.07) is 9.39. The molecule has 1 aromatic carbocycles. The van der Waals surface area contributed by atoms with Gasteiger partial charge in [0.1, 0.15) is 23.1 Å². The standard InChI is InChI=1S/C22H16FN5O2/c23-12-6-7-16-14(9-12)22(21(30)27-16)15(10-24)20(25)28(13-3-2-8-26-11-13)17-4-1-5-18(29)19(17)22/h2-3,6-9,11H,1,4-5,25H2,(H,27,30)/t22-/m0/s1. The maximum absolute atomic E-state index is 14.2. The molecule has 0 saturated carbocycles. The van der Waals surface area contributed by atoms with E-state index < -0.39 is 17.1 Å². The van der Waals surface area contributed by atoms with Crippen LogP contribution in [0.4, 0.5) is 15.8 Å². The third kappa shape index (κ3) is 2.14. The molecule has 5 rings (SSSR count). The Morgan fingerprint density at radius 2 is 2.10 bits per heavy atom. The molecule has 3 heterocycles. The van der Waals surface area contributed by atoms with E-state index in [0.29, 0.717) is 29.9 Å². The Morgan fingerprint density at radius 3 is 2.83 bits per heavy atom. The zero-order chi connectivity index (χ0) is 21.0. The van der Waals surface area contributed by atoms with Crippen LogP contribution < -0.4 is 16.0 Å². The number of nitrogens with zero attached hydrogens (tertiary/aromatic N) is 3. The van der Waals surface area contributed by atoms with E-state index in [0.717, 1.165) is 0 Å². The minimum atomic E-state index is -1.76. The number of carbonyl (C=O) groups is 2. The van der Waals surface area contributed by atoms with Gasteiger partial charge in [0.2, 0.25) is 5.91 Å². The molecule has 148 valence electrons. The fourth-order valence-electron chi connectivity index (χ4n) is 4.74. The van der Waals surface area contributed by atoms with Crippen LogP contribution in [-0.4, -0.2) is 16.7 Å². The Balaban J connectivity index is 1.90. The SMILES string of the molecule is N#CC1=C(N)N(c2cccnc2)C2=C(C(=O)CCC2)[C@@]12C(=O)Nc1ccc(F)cc12. The van der Waals surface area contributed by atoms with Gasteiger partial charge in [-0.3, -0.25) is 19.5 Å². The van der Waals surface area contributed by atoms with Crippen molar-refractivity contribution in [3.63, 3.8) is 0 Å². The highest BCUT2D eigenvalue weighted by Gasteiger charge is 2.60. The fraction of sp³-hybridized carbons (Fsp3) is 0.182. The van der Waals surface area contributed by atoms with Crippen LogP contribution in [0.5, 0.6) is 0 Å². The fourth-order valence-corrected chi connectivity index (χ4v) is 4.74. The molecule has 0 bridgehead atoms. The topological polar surface area (TPSA) is 112 Å². The number of allylic oxidation sites excluding steroid dienone is 1. The zero-order valence-corrected chi connectivity index (χ0v) is 15.8. The summed E-state index contributed by atoms with van der Waals surface area (Å²) < 4.78 is 14.2. The number of ketones is 1. The molecule has 30 heavy (non-hydrogen) atoms. The van der Waals surface area contributed by atoms with E-state index in [1.807, 2.05) is 0 Å². The number of pyridine rings is 1. The number of carbonyl (C=O) groups excluding carboxylic acids is 2. The van der Waals surface area contributed by atoms with E-state index in [-0.39, 0.29) is 34.7 Å². The number of rotatable bonds is 1. The average molecular weight is 401 g/mol. The number of hydrogen-bond acceptors (Lipinski definition) is 6. The van der Waals surface area contributed by atoms with E-state index in [2.05, 4.69) is 16.4 Å². The summed E-state index contributed by atoms with van der Waals surface area (Å²) in [4.78, 5) is 32.3. The minimum Gasteiger partial charge on any atom is -0.384 e. The quantitative estimate of drug-likeness (QED) is 0.760. The van der Waals surface area contributed by atoms with Gasteiger partial charge >= 0.3 is 0 Å². The lowest BCUT2D eigenvalue weighted by Gasteiger charge is -2.43. The van der Waals surface area contributed by atoms with Gasteiger partial charge in [-0.25, -0.2) is 4.39 Å².